The van der Waals surface area contributed by atoms with E-state index in [0.29, 0.717) is 17.1 Å². The number of amides is 1. The van der Waals surface area contributed by atoms with Crippen molar-refractivity contribution in [1.29, 1.82) is 0 Å². The van der Waals surface area contributed by atoms with Gasteiger partial charge < -0.3 is 10.6 Å². The van der Waals surface area contributed by atoms with Gasteiger partial charge in [-0.1, -0.05) is 0 Å². The van der Waals surface area contributed by atoms with Crippen LogP contribution < -0.4 is 5.73 Å². The minimum atomic E-state index is -0.0758. The summed E-state index contributed by atoms with van der Waals surface area (Å²) < 4.78 is 0. The Hall–Kier alpha value is -1.58. The molecule has 0 fully saturated rings. The second kappa shape index (κ2) is 4.29. The zero-order valence-electron chi connectivity index (χ0n) is 9.61. The van der Waals surface area contributed by atoms with Gasteiger partial charge in [0.15, 0.2) is 0 Å². The number of hydrogen-bond acceptors (Lipinski definition) is 3. The van der Waals surface area contributed by atoms with Gasteiger partial charge in [-0.3, -0.25) is 4.79 Å². The first-order valence-corrected chi connectivity index (χ1v) is 4.93. The summed E-state index contributed by atoms with van der Waals surface area (Å²) in [6, 6.07) is 3.53. The zero-order chi connectivity index (χ0) is 11.6. The van der Waals surface area contributed by atoms with Gasteiger partial charge in [0.1, 0.15) is 5.69 Å². The molecule has 1 aromatic rings. The molecule has 0 aromatic carbocycles. The first-order chi connectivity index (χ1) is 6.93. The van der Waals surface area contributed by atoms with Crippen LogP contribution >= 0.6 is 0 Å². The van der Waals surface area contributed by atoms with Crippen LogP contribution in [0, 0.1) is 6.92 Å². The molecule has 4 heteroatoms. The number of aryl methyl sites for hydroxylation is 1. The Bertz CT molecular complexity index is 374. The molecule has 1 aromatic heterocycles. The number of carbonyl (C=O) groups excluding carboxylic acids is 1. The lowest BCUT2D eigenvalue weighted by Gasteiger charge is -2.21. The molecule has 0 aliphatic rings. The van der Waals surface area contributed by atoms with E-state index in [2.05, 4.69) is 4.98 Å². The monoisotopic (exact) mass is 207 g/mol. The van der Waals surface area contributed by atoms with Gasteiger partial charge in [-0.2, -0.15) is 0 Å². The Morgan fingerprint density at radius 2 is 2.07 bits per heavy atom. The zero-order valence-corrected chi connectivity index (χ0v) is 9.61. The molecule has 0 aliphatic heterocycles. The molecule has 0 saturated heterocycles. The van der Waals surface area contributed by atoms with E-state index >= 15 is 0 Å². The molecule has 0 spiro atoms. The van der Waals surface area contributed by atoms with Crippen molar-refractivity contribution in [2.45, 2.75) is 26.8 Å². The maximum Gasteiger partial charge on any atom is 0.272 e. The third-order valence-electron chi connectivity index (χ3n) is 2.44. The van der Waals surface area contributed by atoms with Crippen molar-refractivity contribution in [2.24, 2.45) is 0 Å². The van der Waals surface area contributed by atoms with Gasteiger partial charge in [-0.15, -0.1) is 0 Å². The average molecular weight is 207 g/mol. The van der Waals surface area contributed by atoms with Crippen molar-refractivity contribution in [3.05, 3.63) is 23.5 Å². The maximum absolute atomic E-state index is 11.9. The Balaban J connectivity index is 2.97. The van der Waals surface area contributed by atoms with Crippen LogP contribution in [0.25, 0.3) is 0 Å². The fourth-order valence-corrected chi connectivity index (χ4v) is 1.11. The fraction of sp³-hybridized carbons (Fsp3) is 0.455. The SMILES string of the molecule is Cc1nc(C(=O)N(C)C(C)C)ccc1N. The van der Waals surface area contributed by atoms with Gasteiger partial charge in [-0.25, -0.2) is 4.98 Å². The highest BCUT2D eigenvalue weighted by atomic mass is 16.2. The number of pyridine rings is 1. The molecule has 1 amide bonds. The first kappa shape index (κ1) is 11.5. The summed E-state index contributed by atoms with van der Waals surface area (Å²) in [6.45, 7) is 5.71. The second-order valence-electron chi connectivity index (χ2n) is 3.88. The Morgan fingerprint density at radius 1 is 1.47 bits per heavy atom. The van der Waals surface area contributed by atoms with Gasteiger partial charge in [-0.05, 0) is 32.9 Å². The quantitative estimate of drug-likeness (QED) is 0.798. The van der Waals surface area contributed by atoms with Gasteiger partial charge in [0.05, 0.1) is 11.4 Å². The van der Waals surface area contributed by atoms with Crippen LogP contribution in [-0.4, -0.2) is 28.9 Å². The first-order valence-electron chi connectivity index (χ1n) is 4.93. The third kappa shape index (κ3) is 2.46. The lowest BCUT2D eigenvalue weighted by atomic mass is 10.2. The normalized spacial score (nSPS) is 10.5. The molecular weight excluding hydrogens is 190 g/mol. The fourth-order valence-electron chi connectivity index (χ4n) is 1.11. The summed E-state index contributed by atoms with van der Waals surface area (Å²) in [4.78, 5) is 17.7. The molecule has 2 N–H and O–H groups in total. The van der Waals surface area contributed by atoms with E-state index in [-0.39, 0.29) is 11.9 Å². The highest BCUT2D eigenvalue weighted by Gasteiger charge is 2.15. The molecule has 0 radical (unpaired) electrons. The molecule has 0 unspecified atom stereocenters. The number of aromatic nitrogens is 1. The predicted octanol–water partition coefficient (Wildman–Crippen LogP) is 1.45. The van der Waals surface area contributed by atoms with Crippen LogP contribution in [0.4, 0.5) is 5.69 Å². The molecule has 0 saturated carbocycles. The summed E-state index contributed by atoms with van der Waals surface area (Å²) in [5.41, 5.74) is 7.38. The Morgan fingerprint density at radius 3 is 2.53 bits per heavy atom. The van der Waals surface area contributed by atoms with Crippen LogP contribution in [0.1, 0.15) is 30.0 Å². The summed E-state index contributed by atoms with van der Waals surface area (Å²) >= 11 is 0. The summed E-state index contributed by atoms with van der Waals surface area (Å²) in [7, 11) is 1.76. The average Bonchev–Trinajstić information content (AvgIpc) is 2.19. The molecule has 1 rings (SSSR count). The Kier molecular flexibility index (Phi) is 3.29. The molecule has 0 atom stereocenters. The van der Waals surface area contributed by atoms with Gasteiger partial charge in [0.25, 0.3) is 5.91 Å². The molecule has 15 heavy (non-hydrogen) atoms. The van der Waals surface area contributed by atoms with Crippen molar-refractivity contribution in [3.8, 4) is 0 Å². The van der Waals surface area contributed by atoms with Crippen molar-refractivity contribution < 1.29 is 4.79 Å². The number of anilines is 1. The molecule has 82 valence electrons. The van der Waals surface area contributed by atoms with Crippen LogP contribution in [0.15, 0.2) is 12.1 Å². The lowest BCUT2D eigenvalue weighted by molar-refractivity contribution is 0.0749. The van der Waals surface area contributed by atoms with Crippen LogP contribution in [0.3, 0.4) is 0 Å². The van der Waals surface area contributed by atoms with Gasteiger partial charge in [0, 0.05) is 13.1 Å². The summed E-state index contributed by atoms with van der Waals surface area (Å²) in [6.07, 6.45) is 0. The van der Waals surface area contributed by atoms with Crippen LogP contribution in [-0.2, 0) is 0 Å². The van der Waals surface area contributed by atoms with Crippen molar-refractivity contribution in [3.63, 3.8) is 0 Å². The third-order valence-corrected chi connectivity index (χ3v) is 2.44. The van der Waals surface area contributed by atoms with E-state index in [1.165, 1.54) is 0 Å². The number of hydrogen-bond donors (Lipinski definition) is 1. The Labute approximate surface area is 90.1 Å². The number of nitrogens with zero attached hydrogens (tertiary/aromatic N) is 2. The van der Waals surface area contributed by atoms with Crippen LogP contribution in [0.2, 0.25) is 0 Å². The molecule has 1 heterocycles. The van der Waals surface area contributed by atoms with Crippen molar-refractivity contribution in [1.82, 2.24) is 9.88 Å². The topological polar surface area (TPSA) is 59.2 Å². The summed E-state index contributed by atoms with van der Waals surface area (Å²) in [5, 5.41) is 0. The minimum Gasteiger partial charge on any atom is -0.397 e. The largest absolute Gasteiger partial charge is 0.397 e. The van der Waals surface area contributed by atoms with E-state index in [1.807, 2.05) is 13.8 Å². The lowest BCUT2D eigenvalue weighted by Crippen LogP contribution is -2.33. The summed E-state index contributed by atoms with van der Waals surface area (Å²) in [5.74, 6) is -0.0758. The molecule has 4 nitrogen and oxygen atoms in total. The number of nitrogens with two attached hydrogens (primary N) is 1. The maximum atomic E-state index is 11.9. The minimum absolute atomic E-state index is 0.0758. The van der Waals surface area contributed by atoms with E-state index in [1.54, 1.807) is 31.0 Å². The smallest absolute Gasteiger partial charge is 0.272 e. The van der Waals surface area contributed by atoms with Crippen molar-refractivity contribution in [2.75, 3.05) is 12.8 Å². The number of rotatable bonds is 2. The van der Waals surface area contributed by atoms with E-state index < -0.39 is 0 Å². The predicted molar refractivity (Wildman–Crippen MR) is 60.6 cm³/mol. The molecular formula is C11H17N3O. The van der Waals surface area contributed by atoms with Crippen LogP contribution in [0.5, 0.6) is 0 Å². The van der Waals surface area contributed by atoms with E-state index in [4.69, 9.17) is 5.73 Å². The molecule has 0 bridgehead atoms. The van der Waals surface area contributed by atoms with Gasteiger partial charge >= 0.3 is 0 Å². The second-order valence-corrected chi connectivity index (χ2v) is 3.88. The molecule has 0 aliphatic carbocycles. The highest BCUT2D eigenvalue weighted by molar-refractivity contribution is 5.92. The number of carbonyl (C=O) groups is 1. The number of nitrogen functional groups attached to an aromatic ring is 1. The van der Waals surface area contributed by atoms with E-state index in [0.717, 1.165) is 0 Å². The van der Waals surface area contributed by atoms with E-state index in [9.17, 15) is 4.79 Å². The van der Waals surface area contributed by atoms with Gasteiger partial charge in [0.2, 0.25) is 0 Å². The standard InChI is InChI=1S/C11H17N3O/c1-7(2)14(4)11(15)10-6-5-9(12)8(3)13-10/h5-7H,12H2,1-4H3. The highest BCUT2D eigenvalue weighted by Crippen LogP contribution is 2.10. The van der Waals surface area contributed by atoms with Crippen molar-refractivity contribution >= 4 is 11.6 Å².